The fraction of sp³-hybridized carbons (Fsp3) is 0.571. The normalized spacial score (nSPS) is 12.2. The molecule has 1 aromatic rings. The first-order chi connectivity index (χ1) is 9.43. The summed E-state index contributed by atoms with van der Waals surface area (Å²) >= 11 is 1.69. The molecule has 0 unspecified atom stereocenters. The van der Waals surface area contributed by atoms with E-state index >= 15 is 0 Å². The maximum Gasteiger partial charge on any atom is 0.239 e. The lowest BCUT2D eigenvalue weighted by Gasteiger charge is -2.15. The third kappa shape index (κ3) is 5.30. The third-order valence-electron chi connectivity index (χ3n) is 2.97. The molecule has 5 nitrogen and oxygen atoms in total. The highest BCUT2D eigenvalue weighted by Gasteiger charge is 2.17. The second kappa shape index (κ2) is 8.01. The molecule has 0 bridgehead atoms. The lowest BCUT2D eigenvalue weighted by molar-refractivity contribution is -0.127. The fourth-order valence-corrected chi connectivity index (χ4v) is 2.44. The highest BCUT2D eigenvalue weighted by atomic mass is 32.1. The number of carbonyl (C=O) groups excluding carboxylic acids is 2. The average molecular weight is 297 g/mol. The minimum absolute atomic E-state index is 0.0364. The maximum absolute atomic E-state index is 11.6. The van der Waals surface area contributed by atoms with Crippen LogP contribution in [-0.2, 0) is 22.6 Å². The van der Waals surface area contributed by atoms with Gasteiger partial charge in [0.1, 0.15) is 0 Å². The molecule has 1 atom stereocenters. The highest BCUT2D eigenvalue weighted by Crippen LogP contribution is 2.16. The topological polar surface area (TPSA) is 84.2 Å². The average Bonchev–Trinajstić information content (AvgIpc) is 2.89. The van der Waals surface area contributed by atoms with Gasteiger partial charge in [0, 0.05) is 9.75 Å². The van der Waals surface area contributed by atoms with Crippen molar-refractivity contribution in [2.75, 3.05) is 6.54 Å². The largest absolute Gasteiger partial charge is 0.350 e. The summed E-state index contributed by atoms with van der Waals surface area (Å²) in [6.07, 6.45) is 1.00. The van der Waals surface area contributed by atoms with E-state index in [2.05, 4.69) is 23.6 Å². The van der Waals surface area contributed by atoms with Crippen LogP contribution < -0.4 is 16.4 Å². The standard InChI is InChI=1S/C14H23N3O2S/c1-4-10-5-6-11(20-10)7-16-12(18)8-17-14(19)13(15)9(2)3/h5-6,9,13H,4,7-8,15H2,1-3H3,(H,16,18)(H,17,19)/t13-/m0/s1. The van der Waals surface area contributed by atoms with Gasteiger partial charge in [-0.3, -0.25) is 9.59 Å². The molecule has 4 N–H and O–H groups in total. The Kier molecular flexibility index (Phi) is 6.67. The Morgan fingerprint density at radius 2 is 1.90 bits per heavy atom. The summed E-state index contributed by atoms with van der Waals surface area (Å²) in [5.74, 6) is -0.447. The molecule has 112 valence electrons. The van der Waals surface area contributed by atoms with E-state index < -0.39 is 6.04 Å². The molecule has 0 aliphatic heterocycles. The SMILES string of the molecule is CCc1ccc(CNC(=O)CNC(=O)[C@@H](N)C(C)C)s1. The van der Waals surface area contributed by atoms with E-state index in [1.165, 1.54) is 4.88 Å². The van der Waals surface area contributed by atoms with Gasteiger partial charge in [-0.05, 0) is 24.5 Å². The van der Waals surface area contributed by atoms with Crippen molar-refractivity contribution in [1.29, 1.82) is 0 Å². The molecule has 1 aromatic heterocycles. The van der Waals surface area contributed by atoms with Crippen LogP contribution in [0.5, 0.6) is 0 Å². The first-order valence-corrected chi connectivity index (χ1v) is 7.63. The van der Waals surface area contributed by atoms with Gasteiger partial charge in [-0.2, -0.15) is 0 Å². The molecule has 0 radical (unpaired) electrons. The first-order valence-electron chi connectivity index (χ1n) is 6.81. The number of thiophene rings is 1. The number of nitrogens with two attached hydrogens (primary N) is 1. The predicted octanol–water partition coefficient (Wildman–Crippen LogP) is 1.03. The van der Waals surface area contributed by atoms with Crippen molar-refractivity contribution in [3.8, 4) is 0 Å². The molecule has 0 spiro atoms. The Hall–Kier alpha value is -1.40. The molecule has 0 aliphatic rings. The maximum atomic E-state index is 11.6. The Morgan fingerprint density at radius 1 is 1.25 bits per heavy atom. The van der Waals surface area contributed by atoms with Crippen LogP contribution in [0.25, 0.3) is 0 Å². The van der Waals surface area contributed by atoms with Crippen molar-refractivity contribution in [2.45, 2.75) is 39.8 Å². The lowest BCUT2D eigenvalue weighted by atomic mass is 10.1. The van der Waals surface area contributed by atoms with Crippen molar-refractivity contribution in [1.82, 2.24) is 10.6 Å². The number of nitrogens with one attached hydrogen (secondary N) is 2. The van der Waals surface area contributed by atoms with Gasteiger partial charge in [0.2, 0.25) is 11.8 Å². The van der Waals surface area contributed by atoms with E-state index in [0.29, 0.717) is 6.54 Å². The monoisotopic (exact) mass is 297 g/mol. The van der Waals surface area contributed by atoms with E-state index in [0.717, 1.165) is 11.3 Å². The van der Waals surface area contributed by atoms with Gasteiger partial charge in [-0.1, -0.05) is 20.8 Å². The van der Waals surface area contributed by atoms with Gasteiger partial charge >= 0.3 is 0 Å². The number of aryl methyl sites for hydroxylation is 1. The summed E-state index contributed by atoms with van der Waals surface area (Å²) in [5, 5.41) is 5.32. The van der Waals surface area contributed by atoms with Gasteiger partial charge in [0.15, 0.2) is 0 Å². The molecule has 0 fully saturated rings. The summed E-state index contributed by atoms with van der Waals surface area (Å²) in [7, 11) is 0. The van der Waals surface area contributed by atoms with Gasteiger partial charge in [0.05, 0.1) is 19.1 Å². The quantitative estimate of drug-likeness (QED) is 0.702. The van der Waals surface area contributed by atoms with Crippen LogP contribution in [-0.4, -0.2) is 24.4 Å². The summed E-state index contributed by atoms with van der Waals surface area (Å²) in [4.78, 5) is 25.6. The van der Waals surface area contributed by atoms with Gasteiger partial charge in [-0.15, -0.1) is 11.3 Å². The second-order valence-electron chi connectivity index (χ2n) is 4.99. The van der Waals surface area contributed by atoms with Crippen molar-refractivity contribution in [3.05, 3.63) is 21.9 Å². The van der Waals surface area contributed by atoms with E-state index in [4.69, 9.17) is 5.73 Å². The van der Waals surface area contributed by atoms with Crippen molar-refractivity contribution < 1.29 is 9.59 Å². The Balaban J connectivity index is 2.28. The molecule has 1 rings (SSSR count). The summed E-state index contributed by atoms with van der Waals surface area (Å²) in [6, 6.07) is 3.50. The number of hydrogen-bond acceptors (Lipinski definition) is 4. The molecule has 0 saturated heterocycles. The van der Waals surface area contributed by atoms with Crippen molar-refractivity contribution >= 4 is 23.2 Å². The first kappa shape index (κ1) is 16.7. The summed E-state index contributed by atoms with van der Waals surface area (Å²) in [5.41, 5.74) is 5.69. The highest BCUT2D eigenvalue weighted by molar-refractivity contribution is 7.11. The molecular weight excluding hydrogens is 274 g/mol. The third-order valence-corrected chi connectivity index (χ3v) is 4.20. The Morgan fingerprint density at radius 3 is 2.45 bits per heavy atom. The minimum Gasteiger partial charge on any atom is -0.350 e. The van der Waals surface area contributed by atoms with Gasteiger partial charge in [-0.25, -0.2) is 0 Å². The summed E-state index contributed by atoms with van der Waals surface area (Å²) < 4.78 is 0. The molecule has 0 aliphatic carbocycles. The zero-order valence-electron chi connectivity index (χ0n) is 12.2. The van der Waals surface area contributed by atoms with E-state index in [1.54, 1.807) is 11.3 Å². The molecule has 1 heterocycles. The number of hydrogen-bond donors (Lipinski definition) is 3. The van der Waals surface area contributed by atoms with Crippen LogP contribution in [0.3, 0.4) is 0 Å². The van der Waals surface area contributed by atoms with Crippen LogP contribution in [0, 0.1) is 5.92 Å². The van der Waals surface area contributed by atoms with Gasteiger partial charge in [0.25, 0.3) is 0 Å². The molecule has 20 heavy (non-hydrogen) atoms. The van der Waals surface area contributed by atoms with Crippen LogP contribution in [0.4, 0.5) is 0 Å². The van der Waals surface area contributed by atoms with E-state index in [9.17, 15) is 9.59 Å². The number of carbonyl (C=O) groups is 2. The zero-order chi connectivity index (χ0) is 15.1. The fourth-order valence-electron chi connectivity index (χ4n) is 1.54. The van der Waals surface area contributed by atoms with Crippen molar-refractivity contribution in [3.63, 3.8) is 0 Å². The molecule has 6 heteroatoms. The van der Waals surface area contributed by atoms with Crippen molar-refractivity contribution in [2.24, 2.45) is 11.7 Å². The van der Waals surface area contributed by atoms with Crippen LogP contribution >= 0.6 is 11.3 Å². The van der Waals surface area contributed by atoms with Crippen LogP contribution in [0.15, 0.2) is 12.1 Å². The molecule has 2 amide bonds. The van der Waals surface area contributed by atoms with E-state index in [1.807, 2.05) is 19.9 Å². The second-order valence-corrected chi connectivity index (χ2v) is 6.24. The smallest absolute Gasteiger partial charge is 0.239 e. The zero-order valence-corrected chi connectivity index (χ0v) is 13.0. The lowest BCUT2D eigenvalue weighted by Crippen LogP contribution is -2.47. The Labute approximate surface area is 123 Å². The minimum atomic E-state index is -0.577. The number of amides is 2. The predicted molar refractivity (Wildman–Crippen MR) is 81.4 cm³/mol. The van der Waals surface area contributed by atoms with Gasteiger partial charge < -0.3 is 16.4 Å². The molecule has 0 aromatic carbocycles. The molecular formula is C14H23N3O2S. The van der Waals surface area contributed by atoms with Crippen LogP contribution in [0.2, 0.25) is 0 Å². The summed E-state index contributed by atoms with van der Waals surface area (Å²) in [6.45, 7) is 6.29. The Bertz CT molecular complexity index is 457. The molecule has 0 saturated carbocycles. The number of rotatable bonds is 7. The van der Waals surface area contributed by atoms with E-state index in [-0.39, 0.29) is 24.3 Å². The van der Waals surface area contributed by atoms with Crippen LogP contribution in [0.1, 0.15) is 30.5 Å².